The lowest BCUT2D eigenvalue weighted by atomic mass is 10.4. The monoisotopic (exact) mass is 243 g/mol. The van der Waals surface area contributed by atoms with E-state index in [1.807, 2.05) is 23.9 Å². The topological polar surface area (TPSA) is 73.5 Å². The van der Waals surface area contributed by atoms with Crippen LogP contribution in [0.1, 0.15) is 0 Å². The van der Waals surface area contributed by atoms with Crippen LogP contribution < -0.4 is 5.32 Å². The third kappa shape index (κ3) is 1.90. The van der Waals surface area contributed by atoms with Crippen LogP contribution in [0.3, 0.4) is 0 Å². The zero-order valence-electron chi connectivity index (χ0n) is 9.98. The number of nitrogens with zero attached hydrogens (tertiary/aromatic N) is 6. The largest absolute Gasteiger partial charge is 0.366 e. The number of aromatic nitrogens is 6. The second-order valence-electron chi connectivity index (χ2n) is 3.98. The van der Waals surface area contributed by atoms with Crippen molar-refractivity contribution in [2.45, 2.75) is 6.54 Å². The van der Waals surface area contributed by atoms with Crippen molar-refractivity contribution < 1.29 is 0 Å². The molecular weight excluding hydrogens is 230 g/mol. The summed E-state index contributed by atoms with van der Waals surface area (Å²) in [6.07, 6.45) is 7.06. The predicted molar refractivity (Wildman–Crippen MR) is 67.0 cm³/mol. The average Bonchev–Trinajstić information content (AvgIpc) is 3.01. The van der Waals surface area contributed by atoms with Crippen molar-refractivity contribution in [1.29, 1.82) is 0 Å². The van der Waals surface area contributed by atoms with Gasteiger partial charge in [-0.2, -0.15) is 0 Å². The molecule has 0 atom stereocenters. The molecule has 0 spiro atoms. The second-order valence-corrected chi connectivity index (χ2v) is 3.98. The number of nitrogens with one attached hydrogen (secondary N) is 1. The maximum absolute atomic E-state index is 4.34. The van der Waals surface area contributed by atoms with Gasteiger partial charge in [0.25, 0.3) is 0 Å². The second kappa shape index (κ2) is 4.44. The molecule has 0 saturated carbocycles. The normalized spacial score (nSPS) is 10.9. The van der Waals surface area contributed by atoms with Crippen LogP contribution in [0, 0.1) is 0 Å². The minimum absolute atomic E-state index is 0.728. The maximum atomic E-state index is 4.34. The van der Waals surface area contributed by atoms with Crippen molar-refractivity contribution in [3.05, 3.63) is 31.0 Å². The van der Waals surface area contributed by atoms with Crippen molar-refractivity contribution in [3.63, 3.8) is 0 Å². The van der Waals surface area contributed by atoms with Crippen LogP contribution in [-0.2, 0) is 13.6 Å². The van der Waals surface area contributed by atoms with Crippen molar-refractivity contribution in [2.24, 2.45) is 7.05 Å². The van der Waals surface area contributed by atoms with Crippen molar-refractivity contribution in [1.82, 2.24) is 29.5 Å². The molecule has 7 heteroatoms. The predicted octanol–water partition coefficient (Wildman–Crippen LogP) is 0.672. The van der Waals surface area contributed by atoms with Crippen molar-refractivity contribution in [3.8, 4) is 0 Å². The molecule has 0 bridgehead atoms. The van der Waals surface area contributed by atoms with Crippen molar-refractivity contribution in [2.75, 3.05) is 11.9 Å². The molecule has 7 nitrogen and oxygen atoms in total. The molecule has 0 aliphatic rings. The zero-order chi connectivity index (χ0) is 12.4. The van der Waals surface area contributed by atoms with Gasteiger partial charge in [-0.05, 0) is 6.07 Å². The highest BCUT2D eigenvalue weighted by atomic mass is 15.4. The third-order valence-corrected chi connectivity index (χ3v) is 2.75. The summed E-state index contributed by atoms with van der Waals surface area (Å²) in [6, 6.07) is 1.95. The first-order chi connectivity index (χ1) is 8.84. The zero-order valence-corrected chi connectivity index (χ0v) is 9.98. The summed E-state index contributed by atoms with van der Waals surface area (Å²) in [6.45, 7) is 1.47. The highest BCUT2D eigenvalue weighted by Gasteiger charge is 2.05. The number of hydrogen-bond donors (Lipinski definition) is 1. The molecule has 0 aliphatic carbocycles. The Morgan fingerprint density at radius 3 is 3.06 bits per heavy atom. The van der Waals surface area contributed by atoms with Gasteiger partial charge < -0.3 is 9.88 Å². The highest BCUT2D eigenvalue weighted by molar-refractivity contribution is 5.85. The molecule has 0 saturated heterocycles. The quantitative estimate of drug-likeness (QED) is 0.729. The Bertz CT molecular complexity index is 641. The van der Waals surface area contributed by atoms with Crippen LogP contribution >= 0.6 is 0 Å². The van der Waals surface area contributed by atoms with E-state index in [-0.39, 0.29) is 0 Å². The molecule has 3 aromatic rings. The summed E-state index contributed by atoms with van der Waals surface area (Å²) in [5.74, 6) is 0.799. The molecule has 3 aromatic heterocycles. The Hall–Kier alpha value is -2.44. The van der Waals surface area contributed by atoms with Gasteiger partial charge in [-0.25, -0.2) is 9.97 Å². The van der Waals surface area contributed by atoms with Gasteiger partial charge in [-0.1, -0.05) is 5.21 Å². The van der Waals surface area contributed by atoms with Crippen LogP contribution in [0.4, 0.5) is 5.82 Å². The van der Waals surface area contributed by atoms with Gasteiger partial charge in [0.15, 0.2) is 5.82 Å². The van der Waals surface area contributed by atoms with E-state index in [9.17, 15) is 0 Å². The fourth-order valence-electron chi connectivity index (χ4n) is 1.83. The molecular formula is C11H13N7. The Morgan fingerprint density at radius 1 is 1.28 bits per heavy atom. The number of anilines is 1. The van der Waals surface area contributed by atoms with E-state index in [0.29, 0.717) is 0 Å². The number of fused-ring (bicyclic) bond motifs is 1. The number of hydrogen-bond acceptors (Lipinski definition) is 5. The van der Waals surface area contributed by atoms with Gasteiger partial charge in [-0.15, -0.1) is 5.10 Å². The summed E-state index contributed by atoms with van der Waals surface area (Å²) in [7, 11) is 1.97. The number of aryl methyl sites for hydroxylation is 1. The molecule has 0 fully saturated rings. The van der Waals surface area contributed by atoms with Crippen molar-refractivity contribution >= 4 is 16.9 Å². The molecule has 92 valence electrons. The van der Waals surface area contributed by atoms with E-state index in [1.165, 1.54) is 0 Å². The van der Waals surface area contributed by atoms with Gasteiger partial charge in [0.1, 0.15) is 5.52 Å². The maximum Gasteiger partial charge on any atom is 0.154 e. The van der Waals surface area contributed by atoms with Gasteiger partial charge in [0, 0.05) is 26.0 Å². The molecule has 3 heterocycles. The van der Waals surface area contributed by atoms with Gasteiger partial charge in [-0.3, -0.25) is 4.68 Å². The number of rotatable bonds is 4. The van der Waals surface area contributed by atoms with E-state index >= 15 is 0 Å². The first-order valence-corrected chi connectivity index (χ1v) is 5.68. The van der Waals surface area contributed by atoms with E-state index < -0.39 is 0 Å². The molecule has 0 unspecified atom stereocenters. The van der Waals surface area contributed by atoms with Crippen LogP contribution in [0.2, 0.25) is 0 Å². The Morgan fingerprint density at radius 2 is 2.22 bits per heavy atom. The summed E-state index contributed by atoms with van der Waals surface area (Å²) in [4.78, 5) is 8.64. The number of imidazole rings is 1. The summed E-state index contributed by atoms with van der Waals surface area (Å²) < 4.78 is 3.74. The summed E-state index contributed by atoms with van der Waals surface area (Å²) >= 11 is 0. The van der Waals surface area contributed by atoms with E-state index in [4.69, 9.17) is 0 Å². The fraction of sp³-hybridized carbons (Fsp3) is 0.273. The molecule has 18 heavy (non-hydrogen) atoms. The SMILES string of the molecule is Cn1cnc2c(NCCn3ccnn3)nccc21. The molecule has 0 amide bonds. The molecule has 0 aliphatic heterocycles. The standard InChI is InChI=1S/C11H13N7/c1-17-8-14-10-9(17)2-3-12-11(10)13-4-6-18-7-5-15-16-18/h2-3,5,7-8H,4,6H2,1H3,(H,12,13). The lowest BCUT2D eigenvalue weighted by Crippen LogP contribution is -2.12. The Balaban J connectivity index is 1.74. The van der Waals surface area contributed by atoms with Gasteiger partial charge >= 0.3 is 0 Å². The van der Waals surface area contributed by atoms with Gasteiger partial charge in [0.05, 0.1) is 24.6 Å². The summed E-state index contributed by atoms with van der Waals surface area (Å²) in [5, 5.41) is 10.9. The smallest absolute Gasteiger partial charge is 0.154 e. The third-order valence-electron chi connectivity index (χ3n) is 2.75. The lowest BCUT2D eigenvalue weighted by Gasteiger charge is -2.05. The molecule has 1 N–H and O–H groups in total. The van der Waals surface area contributed by atoms with Crippen LogP contribution in [0.25, 0.3) is 11.0 Å². The van der Waals surface area contributed by atoms with E-state index in [2.05, 4.69) is 25.6 Å². The lowest BCUT2D eigenvalue weighted by molar-refractivity contribution is 0.608. The first kappa shape index (κ1) is 10.7. The first-order valence-electron chi connectivity index (χ1n) is 5.68. The minimum atomic E-state index is 0.728. The molecule has 0 radical (unpaired) electrons. The average molecular weight is 243 g/mol. The Labute approximate surface area is 103 Å². The highest BCUT2D eigenvalue weighted by Crippen LogP contribution is 2.17. The Kier molecular flexibility index (Phi) is 2.64. The molecule has 3 rings (SSSR count). The summed E-state index contributed by atoms with van der Waals surface area (Å²) in [5.41, 5.74) is 1.95. The van der Waals surface area contributed by atoms with Crippen LogP contribution in [-0.4, -0.2) is 36.1 Å². The molecule has 0 aromatic carbocycles. The van der Waals surface area contributed by atoms with Gasteiger partial charge in [0.2, 0.25) is 0 Å². The van der Waals surface area contributed by atoms with E-state index in [0.717, 1.165) is 29.9 Å². The minimum Gasteiger partial charge on any atom is -0.366 e. The van der Waals surface area contributed by atoms with E-state index in [1.54, 1.807) is 23.4 Å². The number of pyridine rings is 1. The fourth-order valence-corrected chi connectivity index (χ4v) is 1.83. The van der Waals surface area contributed by atoms with Crippen LogP contribution in [0.5, 0.6) is 0 Å². The van der Waals surface area contributed by atoms with Crippen LogP contribution in [0.15, 0.2) is 31.0 Å².